The first-order valence-corrected chi connectivity index (χ1v) is 7.36. The van der Waals surface area contributed by atoms with Gasteiger partial charge in [0, 0.05) is 5.54 Å². The molecule has 1 heterocycles. The molecule has 1 unspecified atom stereocenters. The molecule has 1 aromatic rings. The molecule has 0 saturated heterocycles. The highest BCUT2D eigenvalue weighted by Gasteiger charge is 2.42. The SMILES string of the molecule is CC(N)(COc1ccc(Br)nc1C(F)F)CC1(C)CC1. The lowest BCUT2D eigenvalue weighted by atomic mass is 9.89. The Hall–Kier alpha value is -0.750. The first-order chi connectivity index (χ1) is 9.21. The fourth-order valence-electron chi connectivity index (χ4n) is 2.37. The number of ether oxygens (including phenoxy) is 1. The van der Waals surface area contributed by atoms with Gasteiger partial charge in [0.25, 0.3) is 6.43 Å². The van der Waals surface area contributed by atoms with E-state index in [4.69, 9.17) is 10.5 Å². The summed E-state index contributed by atoms with van der Waals surface area (Å²) in [6.07, 6.45) is 0.491. The summed E-state index contributed by atoms with van der Waals surface area (Å²) in [6.45, 7) is 4.28. The normalized spacial score (nSPS) is 19.8. The van der Waals surface area contributed by atoms with Crippen LogP contribution in [0.5, 0.6) is 5.75 Å². The minimum Gasteiger partial charge on any atom is -0.490 e. The number of rotatable bonds is 6. The Balaban J connectivity index is 2.03. The van der Waals surface area contributed by atoms with Crippen molar-refractivity contribution in [2.24, 2.45) is 11.1 Å². The van der Waals surface area contributed by atoms with Crippen molar-refractivity contribution in [3.8, 4) is 5.75 Å². The van der Waals surface area contributed by atoms with Crippen LogP contribution in [0.25, 0.3) is 0 Å². The standard InChI is InChI=1S/C14H19BrF2N2O/c1-13(5-6-13)7-14(2,18)8-20-9-3-4-10(15)19-11(9)12(16)17/h3-4,12H,5-8,18H2,1-2H3. The lowest BCUT2D eigenvalue weighted by Gasteiger charge is -2.28. The maximum absolute atomic E-state index is 12.9. The number of hydrogen-bond donors (Lipinski definition) is 1. The molecule has 1 aromatic heterocycles. The second-order valence-electron chi connectivity index (χ2n) is 6.25. The van der Waals surface area contributed by atoms with Crippen molar-refractivity contribution in [1.29, 1.82) is 0 Å². The summed E-state index contributed by atoms with van der Waals surface area (Å²) in [6, 6.07) is 3.07. The van der Waals surface area contributed by atoms with Crippen molar-refractivity contribution in [2.45, 2.75) is 45.1 Å². The number of alkyl halides is 2. The molecule has 0 aromatic carbocycles. The summed E-state index contributed by atoms with van der Waals surface area (Å²) in [5.74, 6) is 0.0980. The molecule has 6 heteroatoms. The largest absolute Gasteiger partial charge is 0.490 e. The number of aromatic nitrogens is 1. The molecular formula is C14H19BrF2N2O. The lowest BCUT2D eigenvalue weighted by molar-refractivity contribution is 0.133. The van der Waals surface area contributed by atoms with Gasteiger partial charge in [-0.3, -0.25) is 0 Å². The van der Waals surface area contributed by atoms with Crippen LogP contribution in [0.1, 0.15) is 45.2 Å². The first-order valence-electron chi connectivity index (χ1n) is 6.57. The molecule has 112 valence electrons. The molecule has 0 spiro atoms. The molecule has 2 N–H and O–H groups in total. The maximum atomic E-state index is 12.9. The van der Waals surface area contributed by atoms with Crippen LogP contribution in [0.3, 0.4) is 0 Å². The molecular weight excluding hydrogens is 330 g/mol. The molecule has 1 saturated carbocycles. The van der Waals surface area contributed by atoms with Gasteiger partial charge in [0.05, 0.1) is 0 Å². The van der Waals surface area contributed by atoms with E-state index >= 15 is 0 Å². The fraction of sp³-hybridized carbons (Fsp3) is 0.643. The molecule has 20 heavy (non-hydrogen) atoms. The topological polar surface area (TPSA) is 48.1 Å². The van der Waals surface area contributed by atoms with E-state index in [0.29, 0.717) is 4.60 Å². The average Bonchev–Trinajstić information content (AvgIpc) is 3.04. The van der Waals surface area contributed by atoms with Gasteiger partial charge in [-0.25, -0.2) is 13.8 Å². The predicted octanol–water partition coefficient (Wildman–Crippen LogP) is 4.07. The van der Waals surface area contributed by atoms with Crippen molar-refractivity contribution >= 4 is 15.9 Å². The van der Waals surface area contributed by atoms with Gasteiger partial charge in [0.2, 0.25) is 0 Å². The fourth-order valence-corrected chi connectivity index (χ4v) is 2.70. The minimum atomic E-state index is -2.67. The van der Waals surface area contributed by atoms with Gasteiger partial charge in [-0.05, 0) is 59.7 Å². The molecule has 1 aliphatic carbocycles. The molecule has 1 fully saturated rings. The number of nitrogens with two attached hydrogens (primary N) is 1. The van der Waals surface area contributed by atoms with Crippen LogP contribution in [0.4, 0.5) is 8.78 Å². The second kappa shape index (κ2) is 5.56. The summed E-state index contributed by atoms with van der Waals surface area (Å²) in [7, 11) is 0. The Morgan fingerprint density at radius 1 is 1.50 bits per heavy atom. The third kappa shape index (κ3) is 4.12. The van der Waals surface area contributed by atoms with Crippen molar-refractivity contribution in [3.63, 3.8) is 0 Å². The highest BCUT2D eigenvalue weighted by atomic mass is 79.9. The van der Waals surface area contributed by atoms with Gasteiger partial charge in [-0.2, -0.15) is 0 Å². The van der Waals surface area contributed by atoms with Gasteiger partial charge >= 0.3 is 0 Å². The minimum absolute atomic E-state index is 0.0980. The lowest BCUT2D eigenvalue weighted by Crippen LogP contribution is -2.44. The van der Waals surface area contributed by atoms with Gasteiger partial charge in [0.1, 0.15) is 22.7 Å². The zero-order chi connectivity index (χ0) is 15.0. The zero-order valence-corrected chi connectivity index (χ0v) is 13.2. The Morgan fingerprint density at radius 2 is 2.15 bits per heavy atom. The van der Waals surface area contributed by atoms with Crippen LogP contribution in [-0.2, 0) is 0 Å². The molecule has 0 aliphatic heterocycles. The Labute approximate surface area is 126 Å². The molecule has 3 nitrogen and oxygen atoms in total. The van der Waals surface area contributed by atoms with Crippen molar-refractivity contribution in [3.05, 3.63) is 22.4 Å². The Kier molecular flexibility index (Phi) is 4.35. The summed E-state index contributed by atoms with van der Waals surface area (Å²) < 4.78 is 31.7. The zero-order valence-electron chi connectivity index (χ0n) is 11.6. The summed E-state index contributed by atoms with van der Waals surface area (Å²) in [5, 5.41) is 0. The number of hydrogen-bond acceptors (Lipinski definition) is 3. The average molecular weight is 349 g/mol. The second-order valence-corrected chi connectivity index (χ2v) is 7.06. The van der Waals surface area contributed by atoms with E-state index in [1.807, 2.05) is 6.92 Å². The van der Waals surface area contributed by atoms with E-state index in [-0.39, 0.29) is 23.5 Å². The third-order valence-electron chi connectivity index (χ3n) is 3.55. The number of pyridine rings is 1. The van der Waals surface area contributed by atoms with Crippen molar-refractivity contribution in [2.75, 3.05) is 6.61 Å². The summed E-state index contributed by atoms with van der Waals surface area (Å²) in [5.41, 5.74) is 5.61. The first kappa shape index (κ1) is 15.6. The quantitative estimate of drug-likeness (QED) is 0.788. The van der Waals surface area contributed by atoms with E-state index < -0.39 is 12.0 Å². The van der Waals surface area contributed by atoms with E-state index in [0.717, 1.165) is 6.42 Å². The van der Waals surface area contributed by atoms with E-state index in [9.17, 15) is 8.78 Å². The maximum Gasteiger partial charge on any atom is 0.284 e. The van der Waals surface area contributed by atoms with Crippen LogP contribution >= 0.6 is 15.9 Å². The number of nitrogens with zero attached hydrogens (tertiary/aromatic N) is 1. The third-order valence-corrected chi connectivity index (χ3v) is 3.99. The molecule has 0 bridgehead atoms. The van der Waals surface area contributed by atoms with Crippen molar-refractivity contribution < 1.29 is 13.5 Å². The monoisotopic (exact) mass is 348 g/mol. The van der Waals surface area contributed by atoms with Crippen LogP contribution in [0, 0.1) is 5.41 Å². The van der Waals surface area contributed by atoms with Gasteiger partial charge in [-0.15, -0.1) is 0 Å². The van der Waals surface area contributed by atoms with Gasteiger partial charge in [0.15, 0.2) is 0 Å². The van der Waals surface area contributed by atoms with E-state index in [1.165, 1.54) is 18.9 Å². The predicted molar refractivity (Wildman–Crippen MR) is 76.9 cm³/mol. The molecule has 1 aliphatic rings. The van der Waals surface area contributed by atoms with Crippen LogP contribution in [0.2, 0.25) is 0 Å². The summed E-state index contributed by atoms with van der Waals surface area (Å²) >= 11 is 3.08. The van der Waals surface area contributed by atoms with Crippen LogP contribution in [0.15, 0.2) is 16.7 Å². The molecule has 1 atom stereocenters. The number of halogens is 3. The highest BCUT2D eigenvalue weighted by molar-refractivity contribution is 9.10. The van der Waals surface area contributed by atoms with Crippen molar-refractivity contribution in [1.82, 2.24) is 4.98 Å². The summed E-state index contributed by atoms with van der Waals surface area (Å²) in [4.78, 5) is 3.76. The molecule has 0 amide bonds. The Bertz CT molecular complexity index is 490. The van der Waals surface area contributed by atoms with Crippen LogP contribution < -0.4 is 10.5 Å². The molecule has 2 rings (SSSR count). The van der Waals surface area contributed by atoms with E-state index in [1.54, 1.807) is 6.07 Å². The highest BCUT2D eigenvalue weighted by Crippen LogP contribution is 2.50. The van der Waals surface area contributed by atoms with Gasteiger partial charge < -0.3 is 10.5 Å². The smallest absolute Gasteiger partial charge is 0.284 e. The molecule has 0 radical (unpaired) electrons. The Morgan fingerprint density at radius 3 is 2.70 bits per heavy atom. The van der Waals surface area contributed by atoms with Gasteiger partial charge in [-0.1, -0.05) is 6.92 Å². The van der Waals surface area contributed by atoms with E-state index in [2.05, 4.69) is 27.8 Å². The van der Waals surface area contributed by atoms with Crippen LogP contribution in [-0.4, -0.2) is 17.1 Å².